The Hall–Kier alpha value is -2.61. The number of halogens is 1. The van der Waals surface area contributed by atoms with Crippen molar-refractivity contribution in [2.45, 2.75) is 38.3 Å². The van der Waals surface area contributed by atoms with E-state index < -0.39 is 11.4 Å². The van der Waals surface area contributed by atoms with Crippen molar-refractivity contribution in [3.8, 4) is 5.82 Å². The Bertz CT molecular complexity index is 853. The van der Waals surface area contributed by atoms with E-state index in [-0.39, 0.29) is 11.9 Å². The third-order valence-electron chi connectivity index (χ3n) is 5.20. The Morgan fingerprint density at radius 2 is 2.04 bits per heavy atom. The van der Waals surface area contributed by atoms with Crippen LogP contribution in [0.15, 0.2) is 35.7 Å². The van der Waals surface area contributed by atoms with E-state index >= 15 is 0 Å². The molecular formula is C18H21FN6O. The van der Waals surface area contributed by atoms with Crippen molar-refractivity contribution in [3.05, 3.63) is 42.1 Å². The smallest absolute Gasteiger partial charge is 0.256 e. The minimum absolute atomic E-state index is 0.0715. The lowest BCUT2D eigenvalue weighted by atomic mass is 9.88. The summed E-state index contributed by atoms with van der Waals surface area (Å²) in [6.45, 7) is 5.48. The van der Waals surface area contributed by atoms with E-state index in [9.17, 15) is 9.18 Å². The molecular weight excluding hydrogens is 335 g/mol. The molecule has 2 aliphatic heterocycles. The zero-order valence-corrected chi connectivity index (χ0v) is 14.8. The molecule has 1 saturated heterocycles. The van der Waals surface area contributed by atoms with Crippen molar-refractivity contribution in [2.24, 2.45) is 4.99 Å². The van der Waals surface area contributed by atoms with Crippen LogP contribution in [0.25, 0.3) is 5.82 Å². The molecule has 8 heteroatoms. The number of nitrogens with one attached hydrogen (secondary N) is 1. The summed E-state index contributed by atoms with van der Waals surface area (Å²) in [7, 11) is 0. The summed E-state index contributed by atoms with van der Waals surface area (Å²) in [5.74, 6) is 0.939. The van der Waals surface area contributed by atoms with Crippen molar-refractivity contribution in [3.63, 3.8) is 0 Å². The highest BCUT2D eigenvalue weighted by molar-refractivity contribution is 6.07. The van der Waals surface area contributed by atoms with Crippen molar-refractivity contribution in [2.75, 3.05) is 13.1 Å². The molecule has 1 amide bonds. The van der Waals surface area contributed by atoms with E-state index in [2.05, 4.69) is 15.4 Å². The maximum Gasteiger partial charge on any atom is 0.256 e. The van der Waals surface area contributed by atoms with Crippen LogP contribution in [-0.2, 0) is 4.79 Å². The van der Waals surface area contributed by atoms with Gasteiger partial charge >= 0.3 is 0 Å². The summed E-state index contributed by atoms with van der Waals surface area (Å²) < 4.78 is 14.5. The fourth-order valence-electron chi connectivity index (χ4n) is 3.76. The lowest BCUT2D eigenvalue weighted by Crippen LogP contribution is -2.49. The van der Waals surface area contributed by atoms with Crippen LogP contribution in [0.2, 0.25) is 0 Å². The SMILES string of the molecule is CC1=NC2(CCNCC2)C(=O)N1C(C)c1ccc(-n2cc(F)cn2)nc1. The molecule has 26 heavy (non-hydrogen) atoms. The number of nitrogens with zero attached hydrogens (tertiary/aromatic N) is 5. The predicted molar refractivity (Wildman–Crippen MR) is 94.5 cm³/mol. The van der Waals surface area contributed by atoms with Gasteiger partial charge in [-0.2, -0.15) is 5.10 Å². The van der Waals surface area contributed by atoms with Gasteiger partial charge in [-0.25, -0.2) is 14.1 Å². The zero-order valence-electron chi connectivity index (χ0n) is 14.8. The summed E-state index contributed by atoms with van der Waals surface area (Å²) in [4.78, 5) is 24.0. The molecule has 2 aromatic rings. The Balaban J connectivity index is 1.57. The highest BCUT2D eigenvalue weighted by atomic mass is 19.1. The topological polar surface area (TPSA) is 75.4 Å². The maximum absolute atomic E-state index is 13.1. The molecule has 4 rings (SSSR count). The van der Waals surface area contributed by atoms with Gasteiger partial charge in [0.25, 0.3) is 5.91 Å². The molecule has 1 fully saturated rings. The van der Waals surface area contributed by atoms with Gasteiger partial charge in [-0.05, 0) is 51.4 Å². The summed E-state index contributed by atoms with van der Waals surface area (Å²) in [5.41, 5.74) is 0.291. The first-order valence-electron chi connectivity index (χ1n) is 8.77. The average molecular weight is 356 g/mol. The van der Waals surface area contributed by atoms with Crippen LogP contribution in [0.3, 0.4) is 0 Å². The molecule has 1 N–H and O–H groups in total. The highest BCUT2D eigenvalue weighted by Crippen LogP contribution is 2.36. The molecule has 4 heterocycles. The zero-order chi connectivity index (χ0) is 18.3. The van der Waals surface area contributed by atoms with Crippen LogP contribution >= 0.6 is 0 Å². The fraction of sp³-hybridized carbons (Fsp3) is 0.444. The number of aromatic nitrogens is 3. The number of hydrogen-bond donors (Lipinski definition) is 1. The van der Waals surface area contributed by atoms with Gasteiger partial charge in [-0.3, -0.25) is 14.7 Å². The number of hydrogen-bond acceptors (Lipinski definition) is 5. The summed E-state index contributed by atoms with van der Waals surface area (Å²) >= 11 is 0. The molecule has 1 spiro atoms. The average Bonchev–Trinajstić information content (AvgIpc) is 3.17. The standard InChI is InChI=1S/C18H21FN6O/c1-12(14-3-4-16(21-9-14)24-11-15(19)10-22-24)25-13(2)23-18(17(25)26)5-7-20-8-6-18/h3-4,9-12,20H,5-8H2,1-2H3. The van der Waals surface area contributed by atoms with E-state index in [0.717, 1.165) is 43.5 Å². The van der Waals surface area contributed by atoms with E-state index in [1.165, 1.54) is 10.9 Å². The quantitative estimate of drug-likeness (QED) is 0.911. The summed E-state index contributed by atoms with van der Waals surface area (Å²) in [5, 5.41) is 7.19. The number of amides is 1. The maximum atomic E-state index is 13.1. The molecule has 0 saturated carbocycles. The molecule has 2 aromatic heterocycles. The van der Waals surface area contributed by atoms with Gasteiger partial charge in [-0.15, -0.1) is 0 Å². The van der Waals surface area contributed by atoms with Gasteiger partial charge in [0.15, 0.2) is 11.6 Å². The minimum atomic E-state index is -0.608. The van der Waals surface area contributed by atoms with Crippen LogP contribution < -0.4 is 5.32 Å². The number of carbonyl (C=O) groups excluding carboxylic acids is 1. The number of carbonyl (C=O) groups is 1. The number of pyridine rings is 1. The van der Waals surface area contributed by atoms with Crippen LogP contribution in [0.4, 0.5) is 4.39 Å². The lowest BCUT2D eigenvalue weighted by molar-refractivity contribution is -0.133. The van der Waals surface area contributed by atoms with Crippen molar-refractivity contribution >= 4 is 11.7 Å². The molecule has 0 bridgehead atoms. The van der Waals surface area contributed by atoms with E-state index in [1.807, 2.05) is 19.9 Å². The normalized spacial score (nSPS) is 20.5. The predicted octanol–water partition coefficient (Wildman–Crippen LogP) is 1.85. The Morgan fingerprint density at radius 1 is 1.27 bits per heavy atom. The van der Waals surface area contributed by atoms with Gasteiger partial charge in [0.05, 0.1) is 18.4 Å². The second-order valence-corrected chi connectivity index (χ2v) is 6.84. The number of amidine groups is 1. The van der Waals surface area contributed by atoms with Crippen molar-refractivity contribution < 1.29 is 9.18 Å². The fourth-order valence-corrected chi connectivity index (χ4v) is 3.76. The first-order chi connectivity index (χ1) is 12.5. The van der Waals surface area contributed by atoms with Crippen LogP contribution in [-0.4, -0.2) is 50.0 Å². The number of piperidine rings is 1. The van der Waals surface area contributed by atoms with Crippen LogP contribution in [0.1, 0.15) is 38.3 Å². The third kappa shape index (κ3) is 2.70. The number of aliphatic imine (C=N–C) groups is 1. The third-order valence-corrected chi connectivity index (χ3v) is 5.20. The van der Waals surface area contributed by atoms with E-state index in [0.29, 0.717) is 5.82 Å². The Morgan fingerprint density at radius 3 is 2.65 bits per heavy atom. The molecule has 0 radical (unpaired) electrons. The van der Waals surface area contributed by atoms with Gasteiger partial charge in [0.1, 0.15) is 11.4 Å². The van der Waals surface area contributed by atoms with Gasteiger partial charge in [0.2, 0.25) is 0 Å². The molecule has 0 aromatic carbocycles. The van der Waals surface area contributed by atoms with Gasteiger partial charge in [-0.1, -0.05) is 6.07 Å². The molecule has 1 atom stereocenters. The second-order valence-electron chi connectivity index (χ2n) is 6.84. The summed E-state index contributed by atoms with van der Waals surface area (Å²) in [6.07, 6.45) is 5.57. The van der Waals surface area contributed by atoms with Crippen LogP contribution in [0, 0.1) is 5.82 Å². The number of rotatable bonds is 3. The van der Waals surface area contributed by atoms with E-state index in [4.69, 9.17) is 4.99 Å². The van der Waals surface area contributed by atoms with Crippen molar-refractivity contribution in [1.82, 2.24) is 25.0 Å². The second kappa shape index (κ2) is 6.28. The Labute approximate surface area is 150 Å². The molecule has 0 aliphatic carbocycles. The molecule has 7 nitrogen and oxygen atoms in total. The summed E-state index contributed by atoms with van der Waals surface area (Å²) in [6, 6.07) is 3.49. The van der Waals surface area contributed by atoms with E-state index in [1.54, 1.807) is 17.2 Å². The molecule has 2 aliphatic rings. The Kier molecular flexibility index (Phi) is 4.07. The minimum Gasteiger partial charge on any atom is -0.317 e. The first kappa shape index (κ1) is 16.8. The largest absolute Gasteiger partial charge is 0.317 e. The monoisotopic (exact) mass is 356 g/mol. The molecule has 1 unspecified atom stereocenters. The van der Waals surface area contributed by atoms with Crippen LogP contribution in [0.5, 0.6) is 0 Å². The van der Waals surface area contributed by atoms with Gasteiger partial charge in [0, 0.05) is 6.20 Å². The first-order valence-corrected chi connectivity index (χ1v) is 8.77. The highest BCUT2D eigenvalue weighted by Gasteiger charge is 2.48. The lowest BCUT2D eigenvalue weighted by Gasteiger charge is -2.32. The molecule has 136 valence electrons. The van der Waals surface area contributed by atoms with Gasteiger partial charge < -0.3 is 5.32 Å². The van der Waals surface area contributed by atoms with Crippen molar-refractivity contribution in [1.29, 1.82) is 0 Å².